The van der Waals surface area contributed by atoms with Gasteiger partial charge in [0.15, 0.2) is 0 Å². The molecule has 0 N–H and O–H groups in total. The highest BCUT2D eigenvalue weighted by atomic mass is 32.1. The molecule has 0 bridgehead atoms. The van der Waals surface area contributed by atoms with Gasteiger partial charge in [-0.25, -0.2) is 0 Å². The number of aryl methyl sites for hydroxylation is 2. The van der Waals surface area contributed by atoms with Gasteiger partial charge in [0.2, 0.25) is 0 Å². The van der Waals surface area contributed by atoms with Gasteiger partial charge >= 0.3 is 0 Å². The van der Waals surface area contributed by atoms with Gasteiger partial charge in [0.25, 0.3) is 0 Å². The van der Waals surface area contributed by atoms with Crippen LogP contribution in [0.15, 0.2) is 121 Å². The molecule has 0 nitrogen and oxygen atoms in total. The van der Waals surface area contributed by atoms with Crippen LogP contribution >= 0.6 is 11.3 Å². The molecule has 0 saturated carbocycles. The molecule has 0 fully saturated rings. The Morgan fingerprint density at radius 1 is 0.545 bits per heavy atom. The second-order valence-electron chi connectivity index (χ2n) is 13.0. The van der Waals surface area contributed by atoms with Crippen molar-refractivity contribution in [1.29, 1.82) is 0 Å². The zero-order valence-electron chi connectivity index (χ0n) is 25.5. The van der Waals surface area contributed by atoms with Crippen LogP contribution in [-0.4, -0.2) is 0 Å². The summed E-state index contributed by atoms with van der Waals surface area (Å²) in [4.78, 5) is 1.45. The van der Waals surface area contributed by atoms with Gasteiger partial charge in [0.05, 0.1) is 0 Å². The second-order valence-corrected chi connectivity index (χ2v) is 14.1. The molecule has 1 aromatic heterocycles. The zero-order valence-corrected chi connectivity index (χ0v) is 26.3. The van der Waals surface area contributed by atoms with Crippen LogP contribution in [0.3, 0.4) is 0 Å². The molecule has 210 valence electrons. The summed E-state index contributed by atoms with van der Waals surface area (Å²) in [5.41, 5.74) is 12.2. The molecule has 0 aliphatic heterocycles. The predicted molar refractivity (Wildman–Crippen MR) is 192 cm³/mol. The van der Waals surface area contributed by atoms with Gasteiger partial charge in [-0.2, -0.15) is 0 Å². The van der Waals surface area contributed by atoms with Crippen LogP contribution in [-0.2, 0) is 5.41 Å². The van der Waals surface area contributed by atoms with Gasteiger partial charge in [-0.3, -0.25) is 0 Å². The van der Waals surface area contributed by atoms with E-state index in [-0.39, 0.29) is 5.41 Å². The van der Waals surface area contributed by atoms with Crippen molar-refractivity contribution in [2.75, 3.05) is 0 Å². The molecule has 1 aliphatic carbocycles. The second kappa shape index (κ2) is 9.14. The highest BCUT2D eigenvalue weighted by molar-refractivity contribution is 7.22. The van der Waals surface area contributed by atoms with Gasteiger partial charge in [0, 0.05) is 20.4 Å². The summed E-state index contributed by atoms with van der Waals surface area (Å²) in [6.45, 7) is 9.34. The molecular weight excluding hydrogens is 549 g/mol. The Labute approximate surface area is 262 Å². The standard InChI is InChI=1S/C43H32S/c1-25-22-26(2)38-37(23-25)44-42-35-21-20-28(24-36(35)43(3,4)41(38)42)39-31-15-7-9-17-33(31)40(34-18-10-8-16-32(34)39)30-19-11-13-27-12-5-6-14-29(27)30/h5-24H,1-4H3. The minimum atomic E-state index is -0.0759. The Morgan fingerprint density at radius 2 is 1.16 bits per heavy atom. The first kappa shape index (κ1) is 25.7. The van der Waals surface area contributed by atoms with Crippen molar-refractivity contribution in [3.8, 4) is 32.7 Å². The number of rotatable bonds is 2. The highest BCUT2D eigenvalue weighted by Gasteiger charge is 2.39. The van der Waals surface area contributed by atoms with E-state index in [2.05, 4.69) is 149 Å². The Hall–Kier alpha value is -4.72. The third-order valence-electron chi connectivity index (χ3n) is 9.97. The van der Waals surface area contributed by atoms with E-state index in [1.807, 2.05) is 11.3 Å². The molecule has 7 aromatic carbocycles. The number of hydrogen-bond donors (Lipinski definition) is 0. The van der Waals surface area contributed by atoms with Crippen molar-refractivity contribution in [3.05, 3.63) is 144 Å². The summed E-state index contributed by atoms with van der Waals surface area (Å²) in [6.07, 6.45) is 0. The van der Waals surface area contributed by atoms with Crippen molar-refractivity contribution >= 4 is 53.7 Å². The Balaban J connectivity index is 1.34. The van der Waals surface area contributed by atoms with E-state index in [0.717, 1.165) is 0 Å². The molecular formula is C43H32S. The Kier molecular flexibility index (Phi) is 5.35. The summed E-state index contributed by atoms with van der Waals surface area (Å²) < 4.78 is 1.41. The molecule has 9 rings (SSSR count). The van der Waals surface area contributed by atoms with E-state index >= 15 is 0 Å². The van der Waals surface area contributed by atoms with E-state index < -0.39 is 0 Å². The first-order valence-corrected chi connectivity index (χ1v) is 16.3. The predicted octanol–water partition coefficient (Wildman–Crippen LogP) is 12.6. The van der Waals surface area contributed by atoms with E-state index in [1.165, 1.54) is 97.4 Å². The summed E-state index contributed by atoms with van der Waals surface area (Å²) in [7, 11) is 0. The monoisotopic (exact) mass is 580 g/mol. The molecule has 44 heavy (non-hydrogen) atoms. The fourth-order valence-corrected chi connectivity index (χ4v) is 9.69. The molecule has 1 heteroatoms. The third-order valence-corrected chi connectivity index (χ3v) is 11.1. The lowest BCUT2D eigenvalue weighted by Crippen LogP contribution is -2.15. The molecule has 0 radical (unpaired) electrons. The van der Waals surface area contributed by atoms with Crippen molar-refractivity contribution in [1.82, 2.24) is 0 Å². The smallest absolute Gasteiger partial charge is 0.0399 e. The average Bonchev–Trinajstić information content (AvgIpc) is 3.52. The molecule has 1 aliphatic rings. The van der Waals surface area contributed by atoms with Crippen LogP contribution < -0.4 is 0 Å². The van der Waals surface area contributed by atoms with Gasteiger partial charge in [-0.15, -0.1) is 11.3 Å². The highest BCUT2D eigenvalue weighted by Crippen LogP contribution is 2.57. The zero-order chi connectivity index (χ0) is 29.7. The first-order valence-electron chi connectivity index (χ1n) is 15.5. The molecule has 0 saturated heterocycles. The quantitative estimate of drug-likeness (QED) is 0.178. The first-order chi connectivity index (χ1) is 21.4. The molecule has 8 aromatic rings. The number of hydrogen-bond acceptors (Lipinski definition) is 1. The molecule has 0 atom stereocenters. The summed E-state index contributed by atoms with van der Waals surface area (Å²) in [6, 6.07) is 45.5. The fraction of sp³-hybridized carbons (Fsp3) is 0.116. The van der Waals surface area contributed by atoms with Crippen LogP contribution in [0.25, 0.3) is 75.1 Å². The maximum atomic E-state index is 2.50. The summed E-state index contributed by atoms with van der Waals surface area (Å²) in [5.74, 6) is 0. The fourth-order valence-electron chi connectivity index (χ4n) is 8.11. The van der Waals surface area contributed by atoms with Crippen molar-refractivity contribution in [2.45, 2.75) is 33.1 Å². The average molecular weight is 581 g/mol. The van der Waals surface area contributed by atoms with Gasteiger partial charge < -0.3 is 0 Å². The van der Waals surface area contributed by atoms with Crippen LogP contribution in [0.1, 0.15) is 36.1 Å². The summed E-state index contributed by atoms with van der Waals surface area (Å²) >= 11 is 1.97. The van der Waals surface area contributed by atoms with Gasteiger partial charge in [-0.05, 0) is 108 Å². The molecule has 0 spiro atoms. The Morgan fingerprint density at radius 3 is 1.86 bits per heavy atom. The van der Waals surface area contributed by atoms with Gasteiger partial charge in [-0.1, -0.05) is 123 Å². The van der Waals surface area contributed by atoms with Crippen molar-refractivity contribution in [3.63, 3.8) is 0 Å². The molecule has 0 amide bonds. The van der Waals surface area contributed by atoms with E-state index in [9.17, 15) is 0 Å². The van der Waals surface area contributed by atoms with Crippen molar-refractivity contribution in [2.24, 2.45) is 0 Å². The minimum absolute atomic E-state index is 0.0759. The lowest BCUT2D eigenvalue weighted by Gasteiger charge is -2.24. The third kappa shape index (κ3) is 3.45. The number of thiophene rings is 1. The normalized spacial score (nSPS) is 13.6. The maximum Gasteiger partial charge on any atom is 0.0399 e. The summed E-state index contributed by atoms with van der Waals surface area (Å²) in [5, 5.41) is 9.22. The van der Waals surface area contributed by atoms with Crippen molar-refractivity contribution < 1.29 is 0 Å². The maximum absolute atomic E-state index is 2.50. The number of benzene rings is 7. The van der Waals surface area contributed by atoms with Crippen LogP contribution in [0, 0.1) is 13.8 Å². The Bertz CT molecular complexity index is 2420. The lowest BCUT2D eigenvalue weighted by molar-refractivity contribution is 0.667. The molecule has 0 unspecified atom stereocenters. The van der Waals surface area contributed by atoms with E-state index in [0.29, 0.717) is 0 Å². The minimum Gasteiger partial charge on any atom is -0.135 e. The largest absolute Gasteiger partial charge is 0.135 e. The van der Waals surface area contributed by atoms with Gasteiger partial charge in [0.1, 0.15) is 0 Å². The van der Waals surface area contributed by atoms with Crippen LogP contribution in [0.5, 0.6) is 0 Å². The topological polar surface area (TPSA) is 0 Å². The number of fused-ring (bicyclic) bond motifs is 8. The van der Waals surface area contributed by atoms with E-state index in [1.54, 1.807) is 0 Å². The lowest BCUT2D eigenvalue weighted by atomic mass is 9.79. The SMILES string of the molecule is Cc1cc(C)c2c3c(sc2c1)-c1ccc(-c2c4ccccc4c(-c4cccc5ccccc45)c4ccccc24)cc1C3(C)C. The van der Waals surface area contributed by atoms with E-state index in [4.69, 9.17) is 0 Å². The van der Waals surface area contributed by atoms with Crippen LogP contribution in [0.4, 0.5) is 0 Å². The molecule has 1 heterocycles. The van der Waals surface area contributed by atoms with Crippen LogP contribution in [0.2, 0.25) is 0 Å².